The van der Waals surface area contributed by atoms with Crippen LogP contribution in [0.15, 0.2) is 18.2 Å². The van der Waals surface area contributed by atoms with E-state index in [1.54, 1.807) is 0 Å². The molecule has 0 aliphatic carbocycles. The number of carbonyl (C=O) groups excluding carboxylic acids is 1. The molecule has 0 atom stereocenters. The number of hydrogen-bond donors (Lipinski definition) is 0. The summed E-state index contributed by atoms with van der Waals surface area (Å²) in [4.78, 5) is 10.3. The van der Waals surface area contributed by atoms with Crippen molar-refractivity contribution in [2.45, 2.75) is 6.42 Å². The zero-order valence-corrected chi connectivity index (χ0v) is 6.10. The number of benzene rings is 1. The maximum absolute atomic E-state index is 12.8. The van der Waals surface area contributed by atoms with E-state index in [1.807, 2.05) is 0 Å². The smallest absolute Gasteiger partial charge is 0.242 e. The van der Waals surface area contributed by atoms with Crippen molar-refractivity contribution in [3.8, 4) is 0 Å². The number of carbonyl (C=O) groups is 1. The first-order chi connectivity index (χ1) is 5.61. The van der Waals surface area contributed by atoms with Crippen molar-refractivity contribution >= 4 is 5.91 Å². The van der Waals surface area contributed by atoms with Gasteiger partial charge in [-0.15, -0.1) is 0 Å². The highest BCUT2D eigenvalue weighted by molar-refractivity contribution is 5.75. The van der Waals surface area contributed by atoms with Gasteiger partial charge in [0.25, 0.3) is 0 Å². The molecular weight excluding hydrogens is 164 g/mol. The molecule has 0 spiro atoms. The summed E-state index contributed by atoms with van der Waals surface area (Å²) in [7, 11) is 0. The second kappa shape index (κ2) is 3.30. The molecule has 0 fully saturated rings. The third-order valence-corrected chi connectivity index (χ3v) is 1.38. The molecule has 1 radical (unpaired) electrons. The predicted molar refractivity (Wildman–Crippen MR) is 38.2 cm³/mol. The van der Waals surface area contributed by atoms with Crippen molar-refractivity contribution in [2.75, 3.05) is 0 Å². The van der Waals surface area contributed by atoms with Crippen LogP contribution in [0.3, 0.4) is 0 Å². The zero-order valence-electron chi connectivity index (χ0n) is 6.10. The molecule has 63 valence electrons. The Morgan fingerprint density at radius 3 is 2.67 bits per heavy atom. The van der Waals surface area contributed by atoms with Crippen molar-refractivity contribution in [3.05, 3.63) is 35.4 Å². The number of halogens is 2. The minimum atomic E-state index is -1.04. The van der Waals surface area contributed by atoms with Crippen LogP contribution in [0.2, 0.25) is 0 Å². The van der Waals surface area contributed by atoms with Gasteiger partial charge in [-0.1, -0.05) is 12.1 Å². The fourth-order valence-corrected chi connectivity index (χ4v) is 0.858. The molecule has 0 bridgehead atoms. The molecule has 1 aromatic carbocycles. The third-order valence-electron chi connectivity index (χ3n) is 1.38. The lowest BCUT2D eigenvalue weighted by Gasteiger charge is -1.99. The molecule has 4 heteroatoms. The summed E-state index contributed by atoms with van der Waals surface area (Å²) in [6.07, 6.45) is -0.385. The van der Waals surface area contributed by atoms with E-state index in [1.165, 1.54) is 12.1 Å². The Bertz CT molecular complexity index is 312. The molecule has 1 aromatic rings. The second-order valence-corrected chi connectivity index (χ2v) is 2.31. The van der Waals surface area contributed by atoms with Crippen LogP contribution in [0.25, 0.3) is 0 Å². The maximum atomic E-state index is 12.8. The fourth-order valence-electron chi connectivity index (χ4n) is 0.858. The minimum absolute atomic E-state index is 0.0741. The van der Waals surface area contributed by atoms with Crippen LogP contribution in [0, 0.1) is 11.6 Å². The average Bonchev–Trinajstić information content (AvgIpc) is 1.98. The summed E-state index contributed by atoms with van der Waals surface area (Å²) in [5.74, 6) is -2.97. The fraction of sp³-hybridized carbons (Fsp3) is 0.125. The molecule has 1 N–H and O–H groups in total. The summed E-state index contributed by atoms with van der Waals surface area (Å²) < 4.78 is 25.2. The van der Waals surface area contributed by atoms with Crippen LogP contribution in [0.5, 0.6) is 0 Å². The third kappa shape index (κ3) is 1.78. The van der Waals surface area contributed by atoms with Gasteiger partial charge in [0.1, 0.15) is 0 Å². The summed E-state index contributed by atoms with van der Waals surface area (Å²) in [6.45, 7) is 0. The molecule has 2 nitrogen and oxygen atoms in total. The van der Waals surface area contributed by atoms with E-state index in [0.717, 1.165) is 6.07 Å². The highest BCUT2D eigenvalue weighted by atomic mass is 19.2. The second-order valence-electron chi connectivity index (χ2n) is 2.31. The first kappa shape index (κ1) is 8.64. The van der Waals surface area contributed by atoms with Gasteiger partial charge in [0.2, 0.25) is 5.91 Å². The Balaban J connectivity index is 3.00. The number of nitrogens with one attached hydrogen (secondary N) is 1. The lowest BCUT2D eigenvalue weighted by molar-refractivity contribution is -0.118. The van der Waals surface area contributed by atoms with Gasteiger partial charge in [0.15, 0.2) is 11.6 Å². The molecule has 0 aliphatic rings. The molecule has 1 amide bonds. The lowest BCUT2D eigenvalue weighted by Crippen LogP contribution is -2.05. The van der Waals surface area contributed by atoms with E-state index in [2.05, 4.69) is 0 Å². The van der Waals surface area contributed by atoms with Crippen LogP contribution >= 0.6 is 0 Å². The molecule has 0 aliphatic heterocycles. The summed E-state index contributed by atoms with van der Waals surface area (Å²) in [5, 5.41) is 0. The molecule has 12 heavy (non-hydrogen) atoms. The summed E-state index contributed by atoms with van der Waals surface area (Å²) in [5.41, 5.74) is 6.48. The van der Waals surface area contributed by atoms with E-state index < -0.39 is 17.5 Å². The van der Waals surface area contributed by atoms with Crippen molar-refractivity contribution in [2.24, 2.45) is 0 Å². The number of hydrogen-bond acceptors (Lipinski definition) is 1. The van der Waals surface area contributed by atoms with E-state index >= 15 is 0 Å². The largest absolute Gasteiger partial charge is 0.273 e. The van der Waals surface area contributed by atoms with Gasteiger partial charge in [0.05, 0.1) is 6.42 Å². The molecular formula is C8H6F2NO. The van der Waals surface area contributed by atoms with Crippen LogP contribution in [0.1, 0.15) is 5.56 Å². The normalized spacial score (nSPS) is 9.83. The molecule has 1 rings (SSSR count). The number of rotatable bonds is 2. The van der Waals surface area contributed by atoms with Gasteiger partial charge in [-0.3, -0.25) is 10.5 Å². The molecule has 0 heterocycles. The SMILES string of the molecule is [NH]C(=O)Cc1cccc(F)c1F. The Morgan fingerprint density at radius 2 is 2.08 bits per heavy atom. The van der Waals surface area contributed by atoms with Crippen LogP contribution in [0.4, 0.5) is 8.78 Å². The van der Waals surface area contributed by atoms with E-state index in [-0.39, 0.29) is 12.0 Å². The monoisotopic (exact) mass is 170 g/mol. The maximum Gasteiger partial charge on any atom is 0.242 e. The van der Waals surface area contributed by atoms with Crippen LogP contribution in [-0.4, -0.2) is 5.91 Å². The first-order valence-corrected chi connectivity index (χ1v) is 3.28. The van der Waals surface area contributed by atoms with Crippen LogP contribution in [-0.2, 0) is 11.2 Å². The molecule has 0 aromatic heterocycles. The highest BCUT2D eigenvalue weighted by Crippen LogP contribution is 2.11. The first-order valence-electron chi connectivity index (χ1n) is 3.28. The van der Waals surface area contributed by atoms with E-state index in [4.69, 9.17) is 5.73 Å². The Hall–Kier alpha value is -1.45. The van der Waals surface area contributed by atoms with Gasteiger partial charge in [0, 0.05) is 5.56 Å². The van der Waals surface area contributed by atoms with Gasteiger partial charge < -0.3 is 0 Å². The minimum Gasteiger partial charge on any atom is -0.273 e. The van der Waals surface area contributed by atoms with Gasteiger partial charge in [-0.25, -0.2) is 8.78 Å². The molecule has 0 unspecified atom stereocenters. The van der Waals surface area contributed by atoms with Crippen molar-refractivity contribution in [3.63, 3.8) is 0 Å². The summed E-state index contributed by atoms with van der Waals surface area (Å²) in [6, 6.07) is 3.55. The van der Waals surface area contributed by atoms with Gasteiger partial charge in [-0.2, -0.15) is 0 Å². The molecule has 0 saturated carbocycles. The number of amides is 1. The van der Waals surface area contributed by atoms with Crippen molar-refractivity contribution in [1.82, 2.24) is 5.73 Å². The van der Waals surface area contributed by atoms with Gasteiger partial charge >= 0.3 is 0 Å². The van der Waals surface area contributed by atoms with E-state index in [9.17, 15) is 13.6 Å². The van der Waals surface area contributed by atoms with Crippen LogP contribution < -0.4 is 5.73 Å². The highest BCUT2D eigenvalue weighted by Gasteiger charge is 2.09. The molecule has 0 saturated heterocycles. The topological polar surface area (TPSA) is 40.9 Å². The predicted octanol–water partition coefficient (Wildman–Crippen LogP) is 1.32. The van der Waals surface area contributed by atoms with Gasteiger partial charge in [-0.05, 0) is 6.07 Å². The standard InChI is InChI=1S/C8H6F2NO/c9-6-3-1-2-5(8(6)10)4-7(11)12/h1-3,11H,4H2. The quantitative estimate of drug-likeness (QED) is 0.659. The Labute approximate surface area is 68.0 Å². The zero-order chi connectivity index (χ0) is 9.14. The van der Waals surface area contributed by atoms with E-state index in [0.29, 0.717) is 0 Å². The lowest BCUT2D eigenvalue weighted by atomic mass is 10.1. The van der Waals surface area contributed by atoms with Crippen molar-refractivity contribution < 1.29 is 13.6 Å². The Morgan fingerprint density at radius 1 is 1.42 bits per heavy atom. The average molecular weight is 170 g/mol. The Kier molecular flexibility index (Phi) is 2.38. The van der Waals surface area contributed by atoms with Crippen molar-refractivity contribution in [1.29, 1.82) is 0 Å². The summed E-state index contributed by atoms with van der Waals surface area (Å²) >= 11 is 0.